The molecule has 130 valence electrons. The van der Waals surface area contributed by atoms with Crippen LogP contribution < -0.4 is 10.2 Å². The van der Waals surface area contributed by atoms with Crippen LogP contribution in [0.3, 0.4) is 0 Å². The predicted molar refractivity (Wildman–Crippen MR) is 109 cm³/mol. The molecular formula is C22H22N4. The third kappa shape index (κ3) is 3.54. The second kappa shape index (κ2) is 7.31. The van der Waals surface area contributed by atoms with Crippen LogP contribution >= 0.6 is 0 Å². The Morgan fingerprint density at radius 1 is 0.923 bits per heavy atom. The lowest BCUT2D eigenvalue weighted by molar-refractivity contribution is 0.881. The highest BCUT2D eigenvalue weighted by molar-refractivity contribution is 5.83. The van der Waals surface area contributed by atoms with Gasteiger partial charge in [-0.3, -0.25) is 4.98 Å². The van der Waals surface area contributed by atoms with Gasteiger partial charge in [-0.15, -0.1) is 0 Å². The summed E-state index contributed by atoms with van der Waals surface area (Å²) in [5.41, 5.74) is 5.90. The number of hydrogen-bond donors (Lipinski definition) is 2. The monoisotopic (exact) mass is 342 g/mol. The first kappa shape index (κ1) is 16.2. The zero-order chi connectivity index (χ0) is 17.8. The van der Waals surface area contributed by atoms with E-state index in [0.29, 0.717) is 0 Å². The Kier molecular flexibility index (Phi) is 4.56. The highest BCUT2D eigenvalue weighted by Gasteiger charge is 2.06. The highest BCUT2D eigenvalue weighted by Crippen LogP contribution is 2.22. The van der Waals surface area contributed by atoms with Crippen LogP contribution in [0.15, 0.2) is 79.3 Å². The van der Waals surface area contributed by atoms with Crippen LogP contribution in [0.25, 0.3) is 10.9 Å². The number of hydrogen-bond acceptors (Lipinski definition) is 3. The molecule has 4 rings (SSSR count). The van der Waals surface area contributed by atoms with Crippen LogP contribution in [-0.2, 0) is 6.42 Å². The topological polar surface area (TPSA) is 44.0 Å². The van der Waals surface area contributed by atoms with Crippen LogP contribution in [0.4, 0.5) is 17.1 Å². The van der Waals surface area contributed by atoms with Crippen LogP contribution in [-0.4, -0.2) is 23.6 Å². The van der Waals surface area contributed by atoms with Crippen molar-refractivity contribution in [2.75, 3.05) is 23.8 Å². The molecule has 0 aliphatic heterocycles. The van der Waals surface area contributed by atoms with E-state index in [1.807, 2.05) is 12.1 Å². The van der Waals surface area contributed by atoms with E-state index in [4.69, 9.17) is 0 Å². The molecule has 0 radical (unpaired) electrons. The Hall–Kier alpha value is -3.27. The van der Waals surface area contributed by atoms with Crippen LogP contribution in [0.1, 0.15) is 5.56 Å². The number of fused-ring (bicyclic) bond motifs is 1. The molecule has 2 heterocycles. The Bertz CT molecular complexity index is 974. The Balaban J connectivity index is 1.39. The minimum absolute atomic E-state index is 0.971. The first-order chi connectivity index (χ1) is 12.8. The number of H-pyrrole nitrogens is 1. The van der Waals surface area contributed by atoms with E-state index < -0.39 is 0 Å². The fourth-order valence-corrected chi connectivity index (χ4v) is 3.16. The summed E-state index contributed by atoms with van der Waals surface area (Å²) in [5, 5.41) is 4.70. The molecule has 0 saturated heterocycles. The first-order valence-corrected chi connectivity index (χ1v) is 8.83. The van der Waals surface area contributed by atoms with Gasteiger partial charge in [0.15, 0.2) is 0 Å². The molecule has 4 nitrogen and oxygen atoms in total. The van der Waals surface area contributed by atoms with Crippen molar-refractivity contribution in [2.24, 2.45) is 0 Å². The van der Waals surface area contributed by atoms with Crippen molar-refractivity contribution in [2.45, 2.75) is 6.42 Å². The van der Waals surface area contributed by atoms with E-state index >= 15 is 0 Å². The predicted octanol–water partition coefficient (Wildman–Crippen LogP) is 4.99. The van der Waals surface area contributed by atoms with Crippen LogP contribution in [0.2, 0.25) is 0 Å². The molecule has 4 heteroatoms. The molecule has 2 N–H and O–H groups in total. The number of nitrogens with zero attached hydrogens (tertiary/aromatic N) is 2. The van der Waals surface area contributed by atoms with E-state index in [1.165, 1.54) is 22.2 Å². The minimum atomic E-state index is 0.971. The van der Waals surface area contributed by atoms with E-state index in [1.54, 1.807) is 12.4 Å². The maximum Gasteiger partial charge on any atom is 0.0456 e. The standard InChI is InChI=1S/C22H22N4/c1-26(15-12-17-16-24-22-5-3-2-4-21(17)22)20-8-6-18(7-9-20)25-19-10-13-23-14-11-19/h2-11,13-14,16,24H,12,15H2,1H3,(H,23,25). The van der Waals surface area contributed by atoms with Crippen molar-refractivity contribution in [3.8, 4) is 0 Å². The van der Waals surface area contributed by atoms with Gasteiger partial charge in [0.25, 0.3) is 0 Å². The molecular weight excluding hydrogens is 320 g/mol. The number of anilines is 3. The van der Waals surface area contributed by atoms with Gasteiger partial charge in [-0.25, -0.2) is 0 Å². The zero-order valence-corrected chi connectivity index (χ0v) is 14.8. The molecule has 4 aromatic rings. The molecule has 0 spiro atoms. The molecule has 2 aromatic heterocycles. The summed E-state index contributed by atoms with van der Waals surface area (Å²) in [6.07, 6.45) is 6.71. The fourth-order valence-electron chi connectivity index (χ4n) is 3.16. The Labute approximate surface area is 153 Å². The molecule has 26 heavy (non-hydrogen) atoms. The molecule has 2 aromatic carbocycles. The van der Waals surface area contributed by atoms with Gasteiger partial charge in [-0.05, 0) is 54.4 Å². The number of pyridine rings is 1. The summed E-state index contributed by atoms with van der Waals surface area (Å²) in [6, 6.07) is 20.9. The Morgan fingerprint density at radius 2 is 1.65 bits per heavy atom. The van der Waals surface area contributed by atoms with Crippen molar-refractivity contribution < 1.29 is 0 Å². The van der Waals surface area contributed by atoms with Gasteiger partial charge in [0.1, 0.15) is 0 Å². The second-order valence-electron chi connectivity index (χ2n) is 6.44. The van der Waals surface area contributed by atoms with Gasteiger partial charge in [0.2, 0.25) is 0 Å². The summed E-state index contributed by atoms with van der Waals surface area (Å²) in [4.78, 5) is 9.68. The lowest BCUT2D eigenvalue weighted by Crippen LogP contribution is -2.20. The van der Waals surface area contributed by atoms with Crippen LogP contribution in [0, 0.1) is 0 Å². The molecule has 0 aliphatic rings. The summed E-state index contributed by atoms with van der Waals surface area (Å²) in [5.74, 6) is 0. The van der Waals surface area contributed by atoms with Crippen molar-refractivity contribution >= 4 is 28.0 Å². The number of rotatable bonds is 6. The number of aromatic nitrogens is 2. The number of likely N-dealkylation sites (N-methyl/N-ethyl adjacent to an activating group) is 1. The third-order valence-electron chi connectivity index (χ3n) is 4.67. The smallest absolute Gasteiger partial charge is 0.0456 e. The highest BCUT2D eigenvalue weighted by atomic mass is 15.1. The van der Waals surface area contributed by atoms with Crippen molar-refractivity contribution in [3.63, 3.8) is 0 Å². The lowest BCUT2D eigenvalue weighted by Gasteiger charge is -2.19. The summed E-state index contributed by atoms with van der Waals surface area (Å²) in [6.45, 7) is 0.971. The number of nitrogens with one attached hydrogen (secondary N) is 2. The maximum atomic E-state index is 4.04. The first-order valence-electron chi connectivity index (χ1n) is 8.83. The number of para-hydroxylation sites is 1. The average molecular weight is 342 g/mol. The van der Waals surface area contributed by atoms with Crippen molar-refractivity contribution in [1.82, 2.24) is 9.97 Å². The molecule has 0 unspecified atom stereocenters. The third-order valence-corrected chi connectivity index (χ3v) is 4.67. The van der Waals surface area contributed by atoms with Gasteiger partial charge in [-0.1, -0.05) is 18.2 Å². The summed E-state index contributed by atoms with van der Waals surface area (Å²) in [7, 11) is 2.14. The van der Waals surface area contributed by atoms with Crippen molar-refractivity contribution in [3.05, 3.63) is 84.8 Å². The summed E-state index contributed by atoms with van der Waals surface area (Å²) >= 11 is 0. The molecule has 0 bridgehead atoms. The van der Waals surface area contributed by atoms with Crippen molar-refractivity contribution in [1.29, 1.82) is 0 Å². The normalized spacial score (nSPS) is 10.8. The zero-order valence-electron chi connectivity index (χ0n) is 14.8. The molecule has 0 amide bonds. The van der Waals surface area contributed by atoms with Gasteiger partial charge in [0, 0.05) is 60.1 Å². The molecule has 0 saturated carbocycles. The average Bonchev–Trinajstić information content (AvgIpc) is 3.11. The summed E-state index contributed by atoms with van der Waals surface area (Å²) < 4.78 is 0. The minimum Gasteiger partial charge on any atom is -0.374 e. The fraction of sp³-hybridized carbons (Fsp3) is 0.136. The molecule has 0 atom stereocenters. The maximum absolute atomic E-state index is 4.04. The van der Waals surface area contributed by atoms with Gasteiger partial charge < -0.3 is 15.2 Å². The van der Waals surface area contributed by atoms with E-state index in [9.17, 15) is 0 Å². The van der Waals surface area contributed by atoms with Gasteiger partial charge >= 0.3 is 0 Å². The lowest BCUT2D eigenvalue weighted by atomic mass is 10.1. The van der Waals surface area contributed by atoms with E-state index in [2.05, 4.69) is 82.0 Å². The van der Waals surface area contributed by atoms with Gasteiger partial charge in [-0.2, -0.15) is 0 Å². The number of benzene rings is 2. The largest absolute Gasteiger partial charge is 0.374 e. The van der Waals surface area contributed by atoms with Gasteiger partial charge in [0.05, 0.1) is 0 Å². The molecule has 0 fully saturated rings. The Morgan fingerprint density at radius 3 is 2.46 bits per heavy atom. The molecule has 0 aliphatic carbocycles. The second-order valence-corrected chi connectivity index (χ2v) is 6.44. The van der Waals surface area contributed by atoms with E-state index in [-0.39, 0.29) is 0 Å². The van der Waals surface area contributed by atoms with E-state index in [0.717, 1.165) is 24.3 Å². The quantitative estimate of drug-likeness (QED) is 0.519. The van der Waals surface area contributed by atoms with Crippen LogP contribution in [0.5, 0.6) is 0 Å². The SMILES string of the molecule is CN(CCc1c[nH]c2ccccc12)c1ccc(Nc2ccncc2)cc1. The number of aromatic amines is 1.